The number of carbonyl (C=O) groups excluding carboxylic acids is 2. The summed E-state index contributed by atoms with van der Waals surface area (Å²) in [6.45, 7) is 5.68. The third kappa shape index (κ3) is 2.64. The predicted molar refractivity (Wildman–Crippen MR) is 113 cm³/mol. The minimum atomic E-state index is -0.161. The Morgan fingerprint density at radius 3 is 2.53 bits per heavy atom. The van der Waals surface area contributed by atoms with Gasteiger partial charge in [0.15, 0.2) is 23.1 Å². The summed E-state index contributed by atoms with van der Waals surface area (Å²) in [5.74, 6) is 0.796. The van der Waals surface area contributed by atoms with Crippen LogP contribution in [0.2, 0.25) is 0 Å². The molecule has 3 aromatic rings. The van der Waals surface area contributed by atoms with E-state index in [1.807, 2.05) is 32.0 Å². The minimum Gasteiger partial charge on any atom is -0.356 e. The van der Waals surface area contributed by atoms with Crippen LogP contribution in [0.5, 0.6) is 5.75 Å². The molecule has 5 rings (SSSR count). The van der Waals surface area contributed by atoms with Crippen LogP contribution in [0.1, 0.15) is 36.7 Å². The molecule has 2 aromatic carbocycles. The van der Waals surface area contributed by atoms with Crippen LogP contribution >= 0.6 is 0 Å². The molecule has 0 spiro atoms. The maximum Gasteiger partial charge on any atom is 0.198 e. The fourth-order valence-electron chi connectivity index (χ4n) is 3.88. The first-order valence-electron chi connectivity index (χ1n) is 9.71. The first-order chi connectivity index (χ1) is 14.5. The Hall–Kier alpha value is -3.80. The van der Waals surface area contributed by atoms with E-state index in [9.17, 15) is 9.59 Å². The summed E-state index contributed by atoms with van der Waals surface area (Å²) < 4.78 is 5.54. The fraction of sp³-hybridized carbons (Fsp3) is 0.167. The van der Waals surface area contributed by atoms with E-state index in [0.29, 0.717) is 50.4 Å². The van der Waals surface area contributed by atoms with Gasteiger partial charge in [-0.3, -0.25) is 9.59 Å². The summed E-state index contributed by atoms with van der Waals surface area (Å²) >= 11 is 0. The predicted octanol–water partition coefficient (Wildman–Crippen LogP) is 4.89. The van der Waals surface area contributed by atoms with Crippen molar-refractivity contribution >= 4 is 28.2 Å². The van der Waals surface area contributed by atoms with E-state index in [1.165, 1.54) is 0 Å². The van der Waals surface area contributed by atoms with Gasteiger partial charge < -0.3 is 9.36 Å². The van der Waals surface area contributed by atoms with E-state index < -0.39 is 0 Å². The summed E-state index contributed by atoms with van der Waals surface area (Å²) in [5, 5.41) is 8.94. The molecule has 0 aliphatic heterocycles. The molecule has 0 unspecified atom stereocenters. The quantitative estimate of drug-likeness (QED) is 0.363. The number of carbonyl (C=O) groups is 2. The Bertz CT molecular complexity index is 1340. The molecule has 2 aliphatic carbocycles. The third-order valence-electron chi connectivity index (χ3n) is 5.41. The van der Waals surface area contributed by atoms with Crippen molar-refractivity contribution in [2.75, 3.05) is 0 Å². The smallest absolute Gasteiger partial charge is 0.198 e. The lowest BCUT2D eigenvalue weighted by molar-refractivity contribution is -0.112. The minimum absolute atomic E-state index is 0.0151. The van der Waals surface area contributed by atoms with Crippen molar-refractivity contribution in [3.05, 3.63) is 70.8 Å². The second-order valence-electron chi connectivity index (χ2n) is 7.74. The molecule has 1 heterocycles. The number of nitrogens with zero attached hydrogens (tertiary/aromatic N) is 2. The molecule has 6 heteroatoms. The van der Waals surface area contributed by atoms with Gasteiger partial charge in [-0.2, -0.15) is 0 Å². The molecule has 0 saturated carbocycles. The Labute approximate surface area is 172 Å². The van der Waals surface area contributed by atoms with Gasteiger partial charge in [0.1, 0.15) is 11.2 Å². The van der Waals surface area contributed by atoms with E-state index in [4.69, 9.17) is 9.36 Å². The average molecular weight is 398 g/mol. The van der Waals surface area contributed by atoms with Crippen LogP contribution in [0.3, 0.4) is 0 Å². The van der Waals surface area contributed by atoms with Crippen LogP contribution in [-0.2, 0) is 4.79 Å². The molecule has 0 fully saturated rings. The maximum absolute atomic E-state index is 13.2. The Balaban J connectivity index is 1.61. The number of aromatic nitrogens is 1. The van der Waals surface area contributed by atoms with Crippen LogP contribution in [-0.4, -0.2) is 22.4 Å². The second-order valence-corrected chi connectivity index (χ2v) is 7.74. The summed E-state index contributed by atoms with van der Waals surface area (Å²) in [4.78, 5) is 31.3. The lowest BCUT2D eigenvalue weighted by atomic mass is 9.87. The standard InChI is InChI=1S/C24H18N2O4/c1-12(2)17-11-14(10-13(3)22(17)27)25-29-19-9-8-18-20-21(19)23(28)15-6-4-5-7-16(15)24(20)30-26-18/h4-12H,1-3H3/b25-14-. The lowest BCUT2D eigenvalue weighted by Crippen LogP contribution is -2.17. The molecule has 0 saturated heterocycles. The normalized spacial score (nSPS) is 16.7. The highest BCUT2D eigenvalue weighted by molar-refractivity contribution is 6.26. The van der Waals surface area contributed by atoms with Gasteiger partial charge in [0.05, 0.1) is 10.9 Å². The number of allylic oxidation sites excluding steroid dienone is 4. The van der Waals surface area contributed by atoms with Gasteiger partial charge in [0.25, 0.3) is 0 Å². The number of hydrogen-bond acceptors (Lipinski definition) is 6. The van der Waals surface area contributed by atoms with Crippen molar-refractivity contribution in [1.82, 2.24) is 5.16 Å². The van der Waals surface area contributed by atoms with Crippen LogP contribution in [0.15, 0.2) is 69.4 Å². The highest BCUT2D eigenvalue weighted by atomic mass is 16.6. The van der Waals surface area contributed by atoms with Gasteiger partial charge in [0.2, 0.25) is 0 Å². The van der Waals surface area contributed by atoms with Crippen LogP contribution in [0, 0.1) is 5.92 Å². The number of benzene rings is 2. The first-order valence-corrected chi connectivity index (χ1v) is 9.71. The van der Waals surface area contributed by atoms with Crippen molar-refractivity contribution in [3.8, 4) is 17.1 Å². The van der Waals surface area contributed by atoms with Gasteiger partial charge in [-0.1, -0.05) is 48.4 Å². The molecule has 0 bridgehead atoms. The molecule has 0 N–H and O–H groups in total. The molecule has 6 nitrogen and oxygen atoms in total. The topological polar surface area (TPSA) is 81.8 Å². The average Bonchev–Trinajstić information content (AvgIpc) is 3.17. The summed E-state index contributed by atoms with van der Waals surface area (Å²) in [6.07, 6.45) is 3.41. The maximum atomic E-state index is 13.2. The summed E-state index contributed by atoms with van der Waals surface area (Å²) in [6, 6.07) is 10.7. The Morgan fingerprint density at radius 2 is 1.77 bits per heavy atom. The highest BCUT2D eigenvalue weighted by Crippen LogP contribution is 2.42. The van der Waals surface area contributed by atoms with Crippen LogP contribution in [0.4, 0.5) is 0 Å². The van der Waals surface area contributed by atoms with Gasteiger partial charge in [-0.05, 0) is 42.7 Å². The van der Waals surface area contributed by atoms with Crippen molar-refractivity contribution in [1.29, 1.82) is 0 Å². The number of hydrogen-bond donors (Lipinski definition) is 0. The number of ketones is 2. The zero-order valence-corrected chi connectivity index (χ0v) is 16.7. The van der Waals surface area contributed by atoms with E-state index in [1.54, 1.807) is 37.3 Å². The van der Waals surface area contributed by atoms with Crippen molar-refractivity contribution in [2.45, 2.75) is 20.8 Å². The molecule has 30 heavy (non-hydrogen) atoms. The molecule has 0 amide bonds. The van der Waals surface area contributed by atoms with Crippen LogP contribution in [0.25, 0.3) is 22.2 Å². The summed E-state index contributed by atoms with van der Waals surface area (Å²) in [7, 11) is 0. The molecule has 1 aromatic heterocycles. The van der Waals surface area contributed by atoms with E-state index >= 15 is 0 Å². The van der Waals surface area contributed by atoms with Gasteiger partial charge >= 0.3 is 0 Å². The lowest BCUT2D eigenvalue weighted by Gasteiger charge is -2.16. The highest BCUT2D eigenvalue weighted by Gasteiger charge is 2.32. The number of fused-ring (bicyclic) bond motifs is 2. The fourth-order valence-corrected chi connectivity index (χ4v) is 3.88. The molecule has 0 atom stereocenters. The number of oxime groups is 1. The Morgan fingerprint density at radius 1 is 1.00 bits per heavy atom. The molecular weight excluding hydrogens is 380 g/mol. The largest absolute Gasteiger partial charge is 0.356 e. The number of rotatable bonds is 3. The Kier molecular flexibility index (Phi) is 4.03. The molecule has 148 valence electrons. The number of Topliss-reactive ketones (excluding diaryl/α,β-unsaturated/α-hetero) is 1. The second kappa shape index (κ2) is 6.62. The van der Waals surface area contributed by atoms with Crippen molar-refractivity contribution < 1.29 is 18.9 Å². The zero-order valence-electron chi connectivity index (χ0n) is 16.7. The SMILES string of the molecule is CC1=C/C(=N/Oc2ccc3noc4c3c2C(=O)c2ccccc2-4)C=C(C(C)C)C1=O. The molecule has 0 radical (unpaired) electrons. The molecular formula is C24H18N2O4. The van der Waals surface area contributed by atoms with Gasteiger partial charge in [-0.25, -0.2) is 0 Å². The van der Waals surface area contributed by atoms with Crippen molar-refractivity contribution in [2.24, 2.45) is 11.1 Å². The zero-order chi connectivity index (χ0) is 21.0. The monoisotopic (exact) mass is 398 g/mol. The third-order valence-corrected chi connectivity index (χ3v) is 5.41. The van der Waals surface area contributed by atoms with Crippen molar-refractivity contribution in [3.63, 3.8) is 0 Å². The van der Waals surface area contributed by atoms with Gasteiger partial charge in [-0.15, -0.1) is 0 Å². The molecule has 2 aliphatic rings. The van der Waals surface area contributed by atoms with E-state index in [0.717, 1.165) is 5.56 Å². The van der Waals surface area contributed by atoms with E-state index in [2.05, 4.69) is 10.3 Å². The summed E-state index contributed by atoms with van der Waals surface area (Å²) in [5.41, 5.74) is 4.03. The first kappa shape index (κ1) is 18.2. The van der Waals surface area contributed by atoms with Gasteiger partial charge in [0, 0.05) is 16.7 Å². The van der Waals surface area contributed by atoms with E-state index in [-0.39, 0.29) is 17.5 Å². The van der Waals surface area contributed by atoms with Crippen LogP contribution < -0.4 is 4.84 Å².